The van der Waals surface area contributed by atoms with E-state index in [4.69, 9.17) is 33.8 Å². The number of amides is 17. The molecule has 63 heteroatoms. The molecule has 0 aromatic carbocycles. The molecule has 0 aliphatic carbocycles. The van der Waals surface area contributed by atoms with Crippen LogP contribution >= 0.6 is 11.8 Å². The van der Waals surface area contributed by atoms with Crippen molar-refractivity contribution in [3.05, 3.63) is 18.2 Å². The molecule has 0 saturated heterocycles. The van der Waals surface area contributed by atoms with Gasteiger partial charge in [-0.2, -0.15) is 11.8 Å². The van der Waals surface area contributed by atoms with Crippen molar-refractivity contribution in [2.24, 2.45) is 34.8 Å². The molecule has 0 unspecified atom stereocenters. The third-order valence-corrected chi connectivity index (χ3v) is 22.2. The summed E-state index contributed by atoms with van der Waals surface area (Å²) in [4.78, 5) is 343. The number of imidazole rings is 1. The standard InChI is InChI=1S/C84H137N27O35S/c1-9-37(4)61(78(140)110-62(40(7)113)79(141)96-39(6)81(143)144)109-77(139)54(34-112)108-70(132)48(23-27-147-8)97-64(126)38(5)95-66(128)45(17-20-55(114)115)101-74(136)51(30-58(120)121)104-69(131)47(19-22-57(118)119)100-68(130)46(18-21-56(116)117)102-75(137)52(31-59(122)123)106-76(138)53(32-60(124)125)105-73(135)50(29-41-33-91-35-94-41)103-72(134)49(28-36(2)3)107-80(142)63(82(145)146)111-71(133)43(15-10-11-24-85)99-67(129)44(16-13-26-93-84(89)90)98-65(127)42(86)14-12-25-92-83(87)88/h33,35-40,42-54,61-63,112-113H,9-32,34,85-86H2,1-8H3,(H,91,94)(H,95,128)(H,96,141)(H,97,126)(H,98,127)(H,99,129)(H,100,130)(H,101,136)(H,102,137)(H,103,134)(H,104,131)(H,105,135)(H,106,138)(H,107,142)(H,108,132)(H,109,139)(H,110,140)(H,111,133)(H,114,115)(H,116,117)(H,118,119)(H,120,121)(H,122,123)(H,124,125)(H,143,144)(H,145,146)(H4,87,88,92)(H4,89,90,93)/t37-,38-,39-,40+,42-,43-,44-,45-,46-,47-,48-,49-,50-,51-,52-,53-,54-,61-,62-,63+/m0/s1. The largest absolute Gasteiger partial charge is 0.481 e. The van der Waals surface area contributed by atoms with Crippen LogP contribution in [0.3, 0.4) is 0 Å². The first kappa shape index (κ1) is 130. The molecule has 0 spiro atoms. The number of nitrogens with one attached hydrogen (secondary N) is 22. The van der Waals surface area contributed by atoms with Crippen molar-refractivity contribution in [3.63, 3.8) is 0 Å². The van der Waals surface area contributed by atoms with Crippen molar-refractivity contribution in [2.45, 2.75) is 292 Å². The summed E-state index contributed by atoms with van der Waals surface area (Å²) in [6, 6.07) is -34.9. The van der Waals surface area contributed by atoms with Gasteiger partial charge in [0.2, 0.25) is 101 Å². The third-order valence-electron chi connectivity index (χ3n) is 21.6. The Morgan fingerprint density at radius 2 is 0.728 bits per heavy atom. The lowest BCUT2D eigenvalue weighted by Crippen LogP contribution is -2.62. The molecule has 1 aromatic heterocycles. The van der Waals surface area contributed by atoms with Crippen LogP contribution in [0.1, 0.15) is 176 Å². The van der Waals surface area contributed by atoms with Crippen molar-refractivity contribution < 1.29 is 171 Å². The number of guanidine groups is 2. The number of H-pyrrole nitrogens is 1. The molecule has 0 radical (unpaired) electrons. The Morgan fingerprint density at radius 3 is 1.12 bits per heavy atom. The lowest BCUT2D eigenvalue weighted by Gasteiger charge is -2.29. The topological polar surface area (TPSA) is 1040 Å². The number of hydrogen-bond donors (Lipinski definition) is 36. The van der Waals surface area contributed by atoms with Gasteiger partial charge in [0.25, 0.3) is 5.91 Å². The summed E-state index contributed by atoms with van der Waals surface area (Å²) in [6.45, 7) is 8.43. The maximum Gasteiger partial charge on any atom is 0.336 e. The van der Waals surface area contributed by atoms with E-state index in [0.29, 0.717) is 0 Å². The Kier molecular flexibility index (Phi) is 59.4. The number of nitrogens with two attached hydrogens (primary N) is 4. The average molecular weight is 2120 g/mol. The number of aliphatic carboxylic acids is 8. The zero-order valence-corrected chi connectivity index (χ0v) is 82.6. The molecule has 1 rings (SSSR count). The lowest BCUT2D eigenvalue weighted by atomic mass is 9.97. The Morgan fingerprint density at radius 1 is 0.381 bits per heavy atom. The van der Waals surface area contributed by atoms with Gasteiger partial charge in [-0.1, -0.05) is 34.1 Å². The molecule has 62 nitrogen and oxygen atoms in total. The van der Waals surface area contributed by atoms with Crippen molar-refractivity contribution in [2.75, 3.05) is 38.2 Å². The number of unbranched alkanes of at least 4 members (excludes halogenated alkanes) is 1. The molecule has 17 amide bonds. The van der Waals surface area contributed by atoms with E-state index in [1.807, 2.05) is 37.2 Å². The van der Waals surface area contributed by atoms with Crippen LogP contribution < -0.4 is 124 Å². The molecule has 0 fully saturated rings. The predicted molar refractivity (Wildman–Crippen MR) is 509 cm³/mol. The molecule has 147 heavy (non-hydrogen) atoms. The van der Waals surface area contributed by atoms with Gasteiger partial charge in [0.05, 0.1) is 44.3 Å². The van der Waals surface area contributed by atoms with Crippen LogP contribution in [-0.4, -0.2) is 374 Å². The highest BCUT2D eigenvalue weighted by atomic mass is 32.2. The number of carboxylic acids is 8. The highest BCUT2D eigenvalue weighted by molar-refractivity contribution is 7.98. The van der Waals surface area contributed by atoms with Gasteiger partial charge in [0.15, 0.2) is 11.9 Å². The molecule has 0 bridgehead atoms. The predicted octanol–water partition coefficient (Wildman–Crippen LogP) is -12.4. The Balaban J connectivity index is 3.78. The Hall–Kier alpha value is -15.3. The summed E-state index contributed by atoms with van der Waals surface area (Å²) in [7, 11) is 0. The molecule has 824 valence electrons. The van der Waals surface area contributed by atoms with Gasteiger partial charge in [0.1, 0.15) is 96.7 Å². The third kappa shape index (κ3) is 51.2. The van der Waals surface area contributed by atoms with Crippen molar-refractivity contribution >= 4 is 172 Å². The molecule has 0 aliphatic rings. The van der Waals surface area contributed by atoms with E-state index in [1.165, 1.54) is 20.8 Å². The first-order chi connectivity index (χ1) is 68.8. The van der Waals surface area contributed by atoms with Gasteiger partial charge < -0.3 is 180 Å². The van der Waals surface area contributed by atoms with Crippen molar-refractivity contribution in [1.29, 1.82) is 10.8 Å². The highest BCUT2D eigenvalue weighted by Gasteiger charge is 2.43. The first-order valence-electron chi connectivity index (χ1n) is 46.1. The number of aliphatic hydroxyl groups is 2. The van der Waals surface area contributed by atoms with Crippen LogP contribution in [0.2, 0.25) is 0 Å². The van der Waals surface area contributed by atoms with Crippen LogP contribution in [0.15, 0.2) is 12.5 Å². The van der Waals surface area contributed by atoms with Crippen molar-refractivity contribution in [1.82, 2.24) is 111 Å². The van der Waals surface area contributed by atoms with Crippen LogP contribution in [0.4, 0.5) is 0 Å². The van der Waals surface area contributed by atoms with Gasteiger partial charge in [-0.05, 0) is 128 Å². The molecule has 1 heterocycles. The van der Waals surface area contributed by atoms with Gasteiger partial charge >= 0.3 is 47.8 Å². The number of carbonyl (C=O) groups is 25. The highest BCUT2D eigenvalue weighted by Crippen LogP contribution is 2.17. The van der Waals surface area contributed by atoms with E-state index < -0.39 is 358 Å². The molecular formula is C84H137N27O35S. The van der Waals surface area contributed by atoms with E-state index >= 15 is 0 Å². The number of aliphatic hydroxyl groups excluding tert-OH is 2. The van der Waals surface area contributed by atoms with Gasteiger partial charge in [-0.15, -0.1) is 0 Å². The summed E-state index contributed by atoms with van der Waals surface area (Å²) in [5.41, 5.74) is 22.5. The number of aromatic amines is 1. The summed E-state index contributed by atoms with van der Waals surface area (Å²) >= 11 is 1.15. The van der Waals surface area contributed by atoms with Crippen LogP contribution in [-0.2, 0) is 126 Å². The van der Waals surface area contributed by atoms with Crippen LogP contribution in [0.25, 0.3) is 0 Å². The number of aromatic nitrogens is 2. The number of hydrogen-bond acceptors (Lipinski definition) is 33. The second-order valence-corrected chi connectivity index (χ2v) is 35.2. The van der Waals surface area contributed by atoms with Crippen LogP contribution in [0, 0.1) is 22.7 Å². The van der Waals surface area contributed by atoms with Gasteiger partial charge in [-0.3, -0.25) is 126 Å². The van der Waals surface area contributed by atoms with Crippen molar-refractivity contribution in [3.8, 4) is 0 Å². The monoisotopic (exact) mass is 2120 g/mol. The average Bonchev–Trinajstić information content (AvgIpc) is 1.48. The lowest BCUT2D eigenvalue weighted by molar-refractivity contribution is -0.148. The maximum atomic E-state index is 14.6. The SMILES string of the molecule is CC[C@H](C)[C@H](NC(=O)[C@H](CO)NC(=O)[C@H](CCSC)NC(=O)[C@H](C)NC(=O)[C@H](CCC(=O)O)NC(=O)[C@H](CC(=O)O)NC(=O)[C@H](CCC(=O)O)NC(=O)[C@H](CCC(=O)O)NC(=O)[C@H](CC(=O)O)NC(=O)[C@H](CC(=O)O)NC(=O)[C@H](Cc1cnc[nH]1)NC(=O)[C@H](CC(C)C)NC(=O)[C@@H](NC(=O)[C@H](CCCCN)NC(=O)[C@H](CCCNC(=N)N)NC(=O)[C@@H](N)CCCNC(=N)N)C(=O)O)C(=O)N[C@H](C(=O)N[C@@H](C)C(=O)O)[C@@H](C)O. The summed E-state index contributed by atoms with van der Waals surface area (Å²) in [5, 5.41) is 156. The quantitative estimate of drug-likeness (QED) is 0.0125. The fraction of sp³-hybridized carbons (Fsp3) is 0.643. The number of rotatable bonds is 74. The van der Waals surface area contributed by atoms with E-state index in [-0.39, 0.29) is 94.8 Å². The Labute approximate surface area is 844 Å². The molecule has 0 aliphatic heterocycles. The van der Waals surface area contributed by atoms with E-state index in [9.17, 15) is 171 Å². The smallest absolute Gasteiger partial charge is 0.336 e. The van der Waals surface area contributed by atoms with E-state index in [2.05, 4.69) is 73.8 Å². The number of nitrogens with zero attached hydrogens (tertiary/aromatic N) is 1. The number of carbonyl (C=O) groups excluding carboxylic acids is 17. The minimum atomic E-state index is -2.58. The second-order valence-electron chi connectivity index (χ2n) is 34.2. The minimum Gasteiger partial charge on any atom is -0.481 e. The fourth-order valence-electron chi connectivity index (χ4n) is 13.3. The first-order valence-corrected chi connectivity index (χ1v) is 47.5. The summed E-state index contributed by atoms with van der Waals surface area (Å²) in [6.07, 6.45) is -9.22. The van der Waals surface area contributed by atoms with Crippen LogP contribution in [0.5, 0.6) is 0 Å². The molecule has 0 saturated carbocycles. The number of carboxylic acid groups (broad SMARTS) is 8. The van der Waals surface area contributed by atoms with Gasteiger partial charge in [0, 0.05) is 50.7 Å². The van der Waals surface area contributed by atoms with Gasteiger partial charge in [-0.25, -0.2) is 9.78 Å². The summed E-state index contributed by atoms with van der Waals surface area (Å²) < 4.78 is 0. The normalized spacial score (nSPS) is 15.1. The maximum absolute atomic E-state index is 14.6. The molecular weight excluding hydrogens is 1980 g/mol. The zero-order valence-electron chi connectivity index (χ0n) is 81.8. The minimum absolute atomic E-state index is 0.0146. The second kappa shape index (κ2) is 67.3. The summed E-state index contributed by atoms with van der Waals surface area (Å²) in [5.74, 6) is -39.4. The zero-order chi connectivity index (χ0) is 112. The molecule has 20 atom stereocenters. The Bertz CT molecular complexity index is 4750. The molecule has 40 N–H and O–H groups in total. The number of thioether (sulfide) groups is 1. The fourth-order valence-corrected chi connectivity index (χ4v) is 13.8. The van der Waals surface area contributed by atoms with E-state index in [1.54, 1.807) is 13.2 Å². The van der Waals surface area contributed by atoms with E-state index in [0.717, 1.165) is 45.1 Å². The molecule has 1 aromatic rings.